The molecule has 1 N–H and O–H groups in total. The molecule has 1 aliphatic rings. The van der Waals surface area contributed by atoms with Crippen molar-refractivity contribution >= 4 is 0 Å². The summed E-state index contributed by atoms with van der Waals surface area (Å²) < 4.78 is 5.33. The molecule has 2 heteroatoms. The van der Waals surface area contributed by atoms with E-state index in [9.17, 15) is 0 Å². The number of hydrogen-bond donors (Lipinski definition) is 1. The summed E-state index contributed by atoms with van der Waals surface area (Å²) >= 11 is 0. The van der Waals surface area contributed by atoms with Crippen molar-refractivity contribution in [2.75, 3.05) is 19.8 Å². The van der Waals surface area contributed by atoms with Gasteiger partial charge in [-0.25, -0.2) is 0 Å². The molecule has 2 nitrogen and oxygen atoms in total. The van der Waals surface area contributed by atoms with E-state index in [-0.39, 0.29) is 0 Å². The summed E-state index contributed by atoms with van der Waals surface area (Å²) in [6.07, 6.45) is 3.90. The van der Waals surface area contributed by atoms with E-state index in [0.717, 1.165) is 25.7 Å². The van der Waals surface area contributed by atoms with Gasteiger partial charge in [0.25, 0.3) is 0 Å². The first kappa shape index (κ1) is 10.0. The molecule has 0 aromatic rings. The summed E-state index contributed by atoms with van der Waals surface area (Å²) in [5.74, 6) is 0.839. The predicted octanol–water partition coefficient (Wildman–Crippen LogP) is 1.80. The van der Waals surface area contributed by atoms with Gasteiger partial charge in [-0.05, 0) is 38.6 Å². The minimum atomic E-state index is 0.676. The molecule has 1 heterocycles. The standard InChI is InChI=1S/C10H21NO/c1-3-11-9(2)4-5-10-6-7-12-8-10/h9-11H,3-8H2,1-2H3. The second kappa shape index (κ2) is 5.55. The third-order valence-electron chi connectivity index (χ3n) is 2.58. The van der Waals surface area contributed by atoms with Crippen LogP contribution in [0, 0.1) is 5.92 Å². The van der Waals surface area contributed by atoms with Crippen molar-refractivity contribution < 1.29 is 4.74 Å². The Labute approximate surface area is 75.7 Å². The minimum Gasteiger partial charge on any atom is -0.381 e. The van der Waals surface area contributed by atoms with Crippen LogP contribution in [0.15, 0.2) is 0 Å². The van der Waals surface area contributed by atoms with E-state index in [1.54, 1.807) is 0 Å². The van der Waals surface area contributed by atoms with Gasteiger partial charge in [0.2, 0.25) is 0 Å². The van der Waals surface area contributed by atoms with Crippen molar-refractivity contribution in [2.24, 2.45) is 5.92 Å². The van der Waals surface area contributed by atoms with Crippen LogP contribution < -0.4 is 5.32 Å². The molecule has 1 saturated heterocycles. The summed E-state index contributed by atoms with van der Waals surface area (Å²) in [5, 5.41) is 3.43. The Bertz CT molecular complexity index is 110. The van der Waals surface area contributed by atoms with Crippen molar-refractivity contribution in [1.29, 1.82) is 0 Å². The zero-order valence-corrected chi connectivity index (χ0v) is 8.31. The maximum atomic E-state index is 5.33. The lowest BCUT2D eigenvalue weighted by Gasteiger charge is -2.14. The van der Waals surface area contributed by atoms with Gasteiger partial charge in [-0.15, -0.1) is 0 Å². The zero-order chi connectivity index (χ0) is 8.81. The fourth-order valence-corrected chi connectivity index (χ4v) is 1.75. The highest BCUT2D eigenvalue weighted by Gasteiger charge is 2.15. The zero-order valence-electron chi connectivity index (χ0n) is 8.31. The van der Waals surface area contributed by atoms with Crippen molar-refractivity contribution in [3.63, 3.8) is 0 Å². The van der Waals surface area contributed by atoms with E-state index >= 15 is 0 Å². The van der Waals surface area contributed by atoms with Crippen LogP contribution in [0.1, 0.15) is 33.1 Å². The molecule has 0 radical (unpaired) electrons. The maximum Gasteiger partial charge on any atom is 0.0495 e. The molecule has 2 unspecified atom stereocenters. The van der Waals surface area contributed by atoms with E-state index in [2.05, 4.69) is 19.2 Å². The van der Waals surface area contributed by atoms with E-state index in [1.165, 1.54) is 19.3 Å². The Hall–Kier alpha value is -0.0800. The number of hydrogen-bond acceptors (Lipinski definition) is 2. The molecular formula is C10H21NO. The lowest BCUT2D eigenvalue weighted by atomic mass is 10.00. The van der Waals surface area contributed by atoms with Crippen LogP contribution in [0.5, 0.6) is 0 Å². The summed E-state index contributed by atoms with van der Waals surface area (Å²) in [6.45, 7) is 7.50. The summed E-state index contributed by atoms with van der Waals surface area (Å²) in [6, 6.07) is 0.676. The van der Waals surface area contributed by atoms with Crippen LogP contribution in [0.25, 0.3) is 0 Å². The molecule has 0 saturated carbocycles. The Balaban J connectivity index is 1.99. The average molecular weight is 171 g/mol. The van der Waals surface area contributed by atoms with E-state index in [0.29, 0.717) is 6.04 Å². The second-order valence-electron chi connectivity index (χ2n) is 3.77. The molecule has 0 aliphatic carbocycles. The molecule has 0 aromatic heterocycles. The fourth-order valence-electron chi connectivity index (χ4n) is 1.75. The van der Waals surface area contributed by atoms with Gasteiger partial charge >= 0.3 is 0 Å². The molecular weight excluding hydrogens is 150 g/mol. The molecule has 0 amide bonds. The topological polar surface area (TPSA) is 21.3 Å². The van der Waals surface area contributed by atoms with Crippen LogP contribution >= 0.6 is 0 Å². The molecule has 12 heavy (non-hydrogen) atoms. The largest absolute Gasteiger partial charge is 0.381 e. The summed E-state index contributed by atoms with van der Waals surface area (Å²) in [4.78, 5) is 0. The first-order valence-electron chi connectivity index (χ1n) is 5.14. The van der Waals surface area contributed by atoms with Crippen LogP contribution in [0.4, 0.5) is 0 Å². The molecule has 1 rings (SSSR count). The van der Waals surface area contributed by atoms with Crippen molar-refractivity contribution in [1.82, 2.24) is 5.32 Å². The van der Waals surface area contributed by atoms with Crippen LogP contribution in [0.2, 0.25) is 0 Å². The highest BCUT2D eigenvalue weighted by molar-refractivity contribution is 4.68. The number of nitrogens with one attached hydrogen (secondary N) is 1. The first-order valence-corrected chi connectivity index (χ1v) is 5.14. The summed E-state index contributed by atoms with van der Waals surface area (Å²) in [7, 11) is 0. The molecule has 0 spiro atoms. The van der Waals surface area contributed by atoms with Crippen molar-refractivity contribution in [3.05, 3.63) is 0 Å². The van der Waals surface area contributed by atoms with Gasteiger partial charge in [0, 0.05) is 19.3 Å². The molecule has 0 aromatic carbocycles. The van der Waals surface area contributed by atoms with Gasteiger partial charge < -0.3 is 10.1 Å². The van der Waals surface area contributed by atoms with Gasteiger partial charge in [-0.1, -0.05) is 6.92 Å². The summed E-state index contributed by atoms with van der Waals surface area (Å²) in [5.41, 5.74) is 0. The van der Waals surface area contributed by atoms with Crippen LogP contribution in [0.3, 0.4) is 0 Å². The molecule has 2 atom stereocenters. The van der Waals surface area contributed by atoms with Gasteiger partial charge in [-0.2, -0.15) is 0 Å². The Morgan fingerprint density at radius 3 is 3.00 bits per heavy atom. The number of ether oxygens (including phenoxy) is 1. The predicted molar refractivity (Wildman–Crippen MR) is 51.3 cm³/mol. The average Bonchev–Trinajstić information content (AvgIpc) is 2.53. The third-order valence-corrected chi connectivity index (χ3v) is 2.58. The molecule has 72 valence electrons. The highest BCUT2D eigenvalue weighted by Crippen LogP contribution is 2.18. The van der Waals surface area contributed by atoms with E-state index in [4.69, 9.17) is 4.74 Å². The Morgan fingerprint density at radius 2 is 2.42 bits per heavy atom. The van der Waals surface area contributed by atoms with Gasteiger partial charge in [0.1, 0.15) is 0 Å². The van der Waals surface area contributed by atoms with E-state index < -0.39 is 0 Å². The second-order valence-corrected chi connectivity index (χ2v) is 3.77. The quantitative estimate of drug-likeness (QED) is 0.681. The smallest absolute Gasteiger partial charge is 0.0495 e. The van der Waals surface area contributed by atoms with Crippen molar-refractivity contribution in [2.45, 2.75) is 39.2 Å². The molecule has 1 fully saturated rings. The van der Waals surface area contributed by atoms with E-state index in [1.807, 2.05) is 0 Å². The third kappa shape index (κ3) is 3.55. The molecule has 0 bridgehead atoms. The van der Waals surface area contributed by atoms with Gasteiger partial charge in [0.05, 0.1) is 0 Å². The number of rotatable bonds is 5. The monoisotopic (exact) mass is 171 g/mol. The van der Waals surface area contributed by atoms with Gasteiger partial charge in [0.15, 0.2) is 0 Å². The van der Waals surface area contributed by atoms with Crippen molar-refractivity contribution in [3.8, 4) is 0 Å². The first-order chi connectivity index (χ1) is 5.83. The minimum absolute atomic E-state index is 0.676. The molecule has 1 aliphatic heterocycles. The normalized spacial score (nSPS) is 26.0. The fraction of sp³-hybridized carbons (Fsp3) is 1.00. The highest BCUT2D eigenvalue weighted by atomic mass is 16.5. The lowest BCUT2D eigenvalue weighted by Crippen LogP contribution is -2.26. The van der Waals surface area contributed by atoms with Crippen LogP contribution in [-0.4, -0.2) is 25.8 Å². The Morgan fingerprint density at radius 1 is 1.58 bits per heavy atom. The van der Waals surface area contributed by atoms with Crippen LogP contribution in [-0.2, 0) is 4.74 Å². The Kier molecular flexibility index (Phi) is 4.62. The SMILES string of the molecule is CCNC(C)CCC1CCOC1. The maximum absolute atomic E-state index is 5.33. The lowest BCUT2D eigenvalue weighted by molar-refractivity contribution is 0.183. The van der Waals surface area contributed by atoms with Gasteiger partial charge in [-0.3, -0.25) is 0 Å².